The van der Waals surface area contributed by atoms with E-state index in [1.165, 1.54) is 12.8 Å². The Labute approximate surface area is 101 Å². The molecule has 0 unspecified atom stereocenters. The lowest BCUT2D eigenvalue weighted by molar-refractivity contribution is 0.277. The van der Waals surface area contributed by atoms with Gasteiger partial charge in [0, 0.05) is 6.04 Å². The van der Waals surface area contributed by atoms with Gasteiger partial charge in [-0.15, -0.1) is 12.4 Å². The summed E-state index contributed by atoms with van der Waals surface area (Å²) in [6, 6.07) is 8.08. The molecule has 0 saturated carbocycles. The van der Waals surface area contributed by atoms with Crippen molar-refractivity contribution in [2.75, 3.05) is 13.2 Å². The molecule has 1 saturated heterocycles. The van der Waals surface area contributed by atoms with E-state index in [0.717, 1.165) is 12.3 Å². The van der Waals surface area contributed by atoms with Crippen molar-refractivity contribution in [1.82, 2.24) is 5.32 Å². The van der Waals surface area contributed by atoms with Gasteiger partial charge in [-0.3, -0.25) is 0 Å². The third kappa shape index (κ3) is 3.56. The molecule has 4 heteroatoms. The van der Waals surface area contributed by atoms with Crippen molar-refractivity contribution < 1.29 is 4.74 Å². The number of rotatable bonds is 3. The van der Waals surface area contributed by atoms with Crippen LogP contribution in [0.15, 0.2) is 24.3 Å². The van der Waals surface area contributed by atoms with Crippen LogP contribution in [0.3, 0.4) is 0 Å². The predicted molar refractivity (Wildman–Crippen MR) is 65.2 cm³/mol. The van der Waals surface area contributed by atoms with Gasteiger partial charge in [0.05, 0.1) is 5.02 Å². The number of halogens is 2. The van der Waals surface area contributed by atoms with Crippen LogP contribution in [0.25, 0.3) is 0 Å². The fraction of sp³-hybridized carbons (Fsp3) is 0.455. The Morgan fingerprint density at radius 2 is 2.20 bits per heavy atom. The Bertz CT molecular complexity index is 300. The van der Waals surface area contributed by atoms with Gasteiger partial charge in [-0.2, -0.15) is 0 Å². The molecular weight excluding hydrogens is 233 g/mol. The van der Waals surface area contributed by atoms with E-state index >= 15 is 0 Å². The maximum Gasteiger partial charge on any atom is 0.137 e. The Hall–Kier alpha value is -0.440. The van der Waals surface area contributed by atoms with E-state index in [0.29, 0.717) is 17.7 Å². The molecule has 2 rings (SSSR count). The van der Waals surface area contributed by atoms with Crippen molar-refractivity contribution in [3.8, 4) is 5.75 Å². The summed E-state index contributed by atoms with van der Waals surface area (Å²) in [7, 11) is 0. The molecule has 0 spiro atoms. The van der Waals surface area contributed by atoms with E-state index in [-0.39, 0.29) is 12.4 Å². The minimum Gasteiger partial charge on any atom is -0.490 e. The molecule has 1 aliphatic heterocycles. The normalized spacial score (nSPS) is 19.7. The van der Waals surface area contributed by atoms with E-state index in [1.54, 1.807) is 0 Å². The number of hydrogen-bond acceptors (Lipinski definition) is 2. The van der Waals surface area contributed by atoms with Crippen molar-refractivity contribution in [1.29, 1.82) is 0 Å². The molecule has 0 aliphatic carbocycles. The van der Waals surface area contributed by atoms with Crippen LogP contribution in [-0.4, -0.2) is 19.2 Å². The molecule has 0 bridgehead atoms. The fourth-order valence-corrected chi connectivity index (χ4v) is 1.84. The van der Waals surface area contributed by atoms with Crippen molar-refractivity contribution >= 4 is 24.0 Å². The van der Waals surface area contributed by atoms with Crippen LogP contribution in [0.1, 0.15) is 12.8 Å². The molecule has 1 aliphatic rings. The molecule has 84 valence electrons. The smallest absolute Gasteiger partial charge is 0.137 e. The molecule has 0 radical (unpaired) electrons. The van der Waals surface area contributed by atoms with Gasteiger partial charge in [0.15, 0.2) is 0 Å². The largest absolute Gasteiger partial charge is 0.490 e. The molecule has 1 heterocycles. The lowest BCUT2D eigenvalue weighted by Gasteiger charge is -2.12. The number of benzene rings is 1. The van der Waals surface area contributed by atoms with Crippen LogP contribution in [0.5, 0.6) is 5.75 Å². The topological polar surface area (TPSA) is 21.3 Å². The lowest BCUT2D eigenvalue weighted by atomic mass is 10.2. The minimum atomic E-state index is 0. The zero-order valence-corrected chi connectivity index (χ0v) is 9.98. The lowest BCUT2D eigenvalue weighted by Crippen LogP contribution is -2.28. The summed E-state index contributed by atoms with van der Waals surface area (Å²) < 4.78 is 5.63. The minimum absolute atomic E-state index is 0. The molecule has 1 fully saturated rings. The van der Waals surface area contributed by atoms with Gasteiger partial charge in [0.2, 0.25) is 0 Å². The standard InChI is InChI=1S/C11H14ClNO.ClH/c12-10-5-1-2-6-11(10)14-8-9-4-3-7-13-9;/h1-2,5-6,9,13H,3-4,7-8H2;1H/t9-;/m1./s1. The summed E-state index contributed by atoms with van der Waals surface area (Å²) in [5.41, 5.74) is 0. The highest BCUT2D eigenvalue weighted by molar-refractivity contribution is 6.32. The highest BCUT2D eigenvalue weighted by Crippen LogP contribution is 2.23. The van der Waals surface area contributed by atoms with E-state index in [2.05, 4.69) is 5.32 Å². The SMILES string of the molecule is Cl.Clc1ccccc1OC[C@H]1CCCN1. The number of hydrogen-bond donors (Lipinski definition) is 1. The van der Waals surface area contributed by atoms with Gasteiger partial charge >= 0.3 is 0 Å². The zero-order valence-electron chi connectivity index (χ0n) is 8.41. The maximum atomic E-state index is 5.96. The van der Waals surface area contributed by atoms with Crippen molar-refractivity contribution in [2.24, 2.45) is 0 Å². The molecule has 1 N–H and O–H groups in total. The molecule has 1 aromatic rings. The molecule has 1 aromatic carbocycles. The van der Waals surface area contributed by atoms with E-state index in [9.17, 15) is 0 Å². The summed E-state index contributed by atoms with van der Waals surface area (Å²) in [6.07, 6.45) is 2.45. The fourth-order valence-electron chi connectivity index (χ4n) is 1.65. The molecule has 2 nitrogen and oxygen atoms in total. The summed E-state index contributed by atoms with van der Waals surface area (Å²) in [5.74, 6) is 0.780. The third-order valence-corrected chi connectivity index (χ3v) is 2.75. The van der Waals surface area contributed by atoms with Gasteiger partial charge in [0.25, 0.3) is 0 Å². The number of nitrogens with one attached hydrogen (secondary N) is 1. The van der Waals surface area contributed by atoms with E-state index in [4.69, 9.17) is 16.3 Å². The predicted octanol–water partition coefficient (Wildman–Crippen LogP) is 2.89. The van der Waals surface area contributed by atoms with Crippen LogP contribution in [0, 0.1) is 0 Å². The van der Waals surface area contributed by atoms with Gasteiger partial charge in [-0.05, 0) is 31.5 Å². The highest BCUT2D eigenvalue weighted by atomic mass is 35.5. The van der Waals surface area contributed by atoms with Crippen LogP contribution >= 0.6 is 24.0 Å². The third-order valence-electron chi connectivity index (χ3n) is 2.44. The summed E-state index contributed by atoms with van der Waals surface area (Å²) in [5, 5.41) is 4.06. The summed E-state index contributed by atoms with van der Waals surface area (Å²) >= 11 is 5.96. The molecule has 1 atom stereocenters. The van der Waals surface area contributed by atoms with Crippen molar-refractivity contribution in [3.05, 3.63) is 29.3 Å². The van der Waals surface area contributed by atoms with Crippen molar-refractivity contribution in [2.45, 2.75) is 18.9 Å². The average Bonchev–Trinajstić information content (AvgIpc) is 2.69. The average molecular weight is 248 g/mol. The second-order valence-electron chi connectivity index (χ2n) is 3.53. The van der Waals surface area contributed by atoms with Gasteiger partial charge in [0.1, 0.15) is 12.4 Å². The van der Waals surface area contributed by atoms with E-state index in [1.807, 2.05) is 24.3 Å². The first-order chi connectivity index (χ1) is 6.86. The van der Waals surface area contributed by atoms with E-state index < -0.39 is 0 Å². The monoisotopic (exact) mass is 247 g/mol. The number of ether oxygens (including phenoxy) is 1. The van der Waals surface area contributed by atoms with Gasteiger partial charge in [-0.25, -0.2) is 0 Å². The Morgan fingerprint density at radius 1 is 1.40 bits per heavy atom. The summed E-state index contributed by atoms with van der Waals surface area (Å²) in [4.78, 5) is 0. The zero-order chi connectivity index (χ0) is 9.80. The van der Waals surface area contributed by atoms with Crippen LogP contribution in [-0.2, 0) is 0 Å². The van der Waals surface area contributed by atoms with Crippen LogP contribution in [0.2, 0.25) is 5.02 Å². The Kier molecular flexibility index (Phi) is 5.23. The maximum absolute atomic E-state index is 5.96. The quantitative estimate of drug-likeness (QED) is 0.888. The highest BCUT2D eigenvalue weighted by Gasteiger charge is 2.14. The van der Waals surface area contributed by atoms with Gasteiger partial charge in [-0.1, -0.05) is 23.7 Å². The number of para-hydroxylation sites is 1. The second-order valence-corrected chi connectivity index (χ2v) is 3.94. The summed E-state index contributed by atoms with van der Waals surface area (Å²) in [6.45, 7) is 1.82. The first-order valence-electron chi connectivity index (χ1n) is 4.97. The molecule has 15 heavy (non-hydrogen) atoms. The molecule has 0 aromatic heterocycles. The molecule has 0 amide bonds. The second kappa shape index (κ2) is 6.21. The van der Waals surface area contributed by atoms with Crippen molar-refractivity contribution in [3.63, 3.8) is 0 Å². The first-order valence-corrected chi connectivity index (χ1v) is 5.35. The van der Waals surface area contributed by atoms with Crippen LogP contribution in [0.4, 0.5) is 0 Å². The Morgan fingerprint density at radius 3 is 2.87 bits per heavy atom. The van der Waals surface area contributed by atoms with Crippen LogP contribution < -0.4 is 10.1 Å². The molecular formula is C11H15Cl2NO. The first kappa shape index (κ1) is 12.6. The Balaban J connectivity index is 0.00000112. The van der Waals surface area contributed by atoms with Gasteiger partial charge < -0.3 is 10.1 Å².